The summed E-state index contributed by atoms with van der Waals surface area (Å²) in [5.74, 6) is 0.917. The van der Waals surface area contributed by atoms with Crippen molar-refractivity contribution in [2.24, 2.45) is 11.3 Å². The smallest absolute Gasteiger partial charge is 0.0930 e. The van der Waals surface area contributed by atoms with Crippen LogP contribution in [-0.4, -0.2) is 18.1 Å². The van der Waals surface area contributed by atoms with Gasteiger partial charge in [0, 0.05) is 24.5 Å². The van der Waals surface area contributed by atoms with Crippen molar-refractivity contribution in [1.82, 2.24) is 10.3 Å². The summed E-state index contributed by atoms with van der Waals surface area (Å²) in [7, 11) is 0. The molecular weight excluding hydrogens is 204 g/mol. The molecule has 1 aromatic rings. The summed E-state index contributed by atoms with van der Waals surface area (Å²) in [6.07, 6.45) is 5.88. The van der Waals surface area contributed by atoms with Crippen LogP contribution in [0.1, 0.15) is 31.7 Å². The largest absolute Gasteiger partial charge is 0.316 e. The Morgan fingerprint density at radius 3 is 2.93 bits per heavy atom. The lowest BCUT2D eigenvalue weighted by Crippen LogP contribution is -2.35. The first-order valence-corrected chi connectivity index (χ1v) is 6.71. The molecule has 3 heteroatoms. The minimum Gasteiger partial charge on any atom is -0.316 e. The second-order valence-corrected chi connectivity index (χ2v) is 5.79. The standard InChI is InChI=1S/C12H20N2S/c1-3-13-9-12(2,10-4-5-10)8-11-14-6-7-15-11/h6-7,10,13H,3-5,8-9H2,1-2H3. The van der Waals surface area contributed by atoms with Gasteiger partial charge < -0.3 is 5.32 Å². The lowest BCUT2D eigenvalue weighted by molar-refractivity contribution is 0.257. The quantitative estimate of drug-likeness (QED) is 0.803. The minimum absolute atomic E-state index is 0.424. The molecule has 1 N–H and O–H groups in total. The van der Waals surface area contributed by atoms with E-state index in [0.29, 0.717) is 5.41 Å². The number of nitrogens with zero attached hydrogens (tertiary/aromatic N) is 1. The molecule has 15 heavy (non-hydrogen) atoms. The zero-order chi connectivity index (χ0) is 10.7. The maximum atomic E-state index is 4.41. The van der Waals surface area contributed by atoms with Crippen molar-refractivity contribution in [3.05, 3.63) is 16.6 Å². The van der Waals surface area contributed by atoms with E-state index in [2.05, 4.69) is 29.5 Å². The Balaban J connectivity index is 1.98. The third kappa shape index (κ3) is 2.79. The Kier molecular flexibility index (Phi) is 3.42. The van der Waals surface area contributed by atoms with Gasteiger partial charge in [-0.1, -0.05) is 13.8 Å². The van der Waals surface area contributed by atoms with Gasteiger partial charge in [0.05, 0.1) is 5.01 Å². The molecule has 1 aliphatic rings. The Bertz CT molecular complexity index is 293. The third-order valence-electron chi connectivity index (χ3n) is 3.38. The van der Waals surface area contributed by atoms with Gasteiger partial charge in [-0.05, 0) is 30.7 Å². The fourth-order valence-electron chi connectivity index (χ4n) is 2.23. The summed E-state index contributed by atoms with van der Waals surface area (Å²) in [5.41, 5.74) is 0.424. The fraction of sp³-hybridized carbons (Fsp3) is 0.750. The van der Waals surface area contributed by atoms with E-state index in [1.807, 2.05) is 6.20 Å². The SMILES string of the molecule is CCNCC(C)(Cc1nccs1)C1CC1. The van der Waals surface area contributed by atoms with Crippen molar-refractivity contribution in [3.8, 4) is 0 Å². The highest BCUT2D eigenvalue weighted by molar-refractivity contribution is 7.09. The van der Waals surface area contributed by atoms with Crippen molar-refractivity contribution in [2.45, 2.75) is 33.1 Å². The first-order valence-electron chi connectivity index (χ1n) is 5.84. The van der Waals surface area contributed by atoms with Crippen LogP contribution >= 0.6 is 11.3 Å². The van der Waals surface area contributed by atoms with E-state index >= 15 is 0 Å². The average molecular weight is 224 g/mol. The van der Waals surface area contributed by atoms with Crippen LogP contribution in [-0.2, 0) is 6.42 Å². The first-order chi connectivity index (χ1) is 7.24. The molecule has 1 heterocycles. The van der Waals surface area contributed by atoms with E-state index in [-0.39, 0.29) is 0 Å². The monoisotopic (exact) mass is 224 g/mol. The van der Waals surface area contributed by atoms with Crippen molar-refractivity contribution < 1.29 is 0 Å². The number of hydrogen-bond acceptors (Lipinski definition) is 3. The number of thiazole rings is 1. The predicted octanol–water partition coefficient (Wildman–Crippen LogP) is 2.71. The van der Waals surface area contributed by atoms with Crippen LogP contribution in [0.4, 0.5) is 0 Å². The van der Waals surface area contributed by atoms with Gasteiger partial charge in [-0.15, -0.1) is 11.3 Å². The summed E-state index contributed by atoms with van der Waals surface area (Å²) < 4.78 is 0. The molecule has 1 aliphatic carbocycles. The predicted molar refractivity (Wildman–Crippen MR) is 65.2 cm³/mol. The van der Waals surface area contributed by atoms with Crippen LogP contribution in [0.5, 0.6) is 0 Å². The molecule has 0 aromatic carbocycles. The van der Waals surface area contributed by atoms with E-state index in [0.717, 1.165) is 25.4 Å². The first kappa shape index (κ1) is 11.1. The highest BCUT2D eigenvalue weighted by atomic mass is 32.1. The van der Waals surface area contributed by atoms with Crippen molar-refractivity contribution in [2.75, 3.05) is 13.1 Å². The average Bonchev–Trinajstić information content (AvgIpc) is 2.98. The molecule has 1 fully saturated rings. The molecule has 0 spiro atoms. The van der Waals surface area contributed by atoms with E-state index in [1.165, 1.54) is 17.8 Å². The van der Waals surface area contributed by atoms with Crippen molar-refractivity contribution in [1.29, 1.82) is 0 Å². The second kappa shape index (κ2) is 4.62. The third-order valence-corrected chi connectivity index (χ3v) is 4.16. The number of nitrogens with one attached hydrogen (secondary N) is 1. The summed E-state index contributed by atoms with van der Waals surface area (Å²) in [4.78, 5) is 4.41. The van der Waals surface area contributed by atoms with Gasteiger partial charge >= 0.3 is 0 Å². The topological polar surface area (TPSA) is 24.9 Å². The summed E-state index contributed by atoms with van der Waals surface area (Å²) in [5, 5.41) is 6.87. The molecule has 0 radical (unpaired) electrons. The summed E-state index contributed by atoms with van der Waals surface area (Å²) in [6.45, 7) is 6.79. The molecule has 1 aromatic heterocycles. The molecule has 1 atom stereocenters. The van der Waals surface area contributed by atoms with Gasteiger partial charge in [-0.2, -0.15) is 0 Å². The summed E-state index contributed by atoms with van der Waals surface area (Å²) >= 11 is 1.79. The van der Waals surface area contributed by atoms with Gasteiger partial charge in [0.1, 0.15) is 0 Å². The number of aromatic nitrogens is 1. The molecule has 0 saturated heterocycles. The molecule has 2 nitrogen and oxygen atoms in total. The van der Waals surface area contributed by atoms with Crippen molar-refractivity contribution >= 4 is 11.3 Å². The highest BCUT2D eigenvalue weighted by Gasteiger charge is 2.41. The van der Waals surface area contributed by atoms with Crippen LogP contribution in [0.15, 0.2) is 11.6 Å². The molecule has 0 amide bonds. The highest BCUT2D eigenvalue weighted by Crippen LogP contribution is 2.47. The van der Waals surface area contributed by atoms with Gasteiger partial charge in [-0.25, -0.2) is 4.98 Å². The molecule has 1 unspecified atom stereocenters. The van der Waals surface area contributed by atoms with Gasteiger partial charge in [0.25, 0.3) is 0 Å². The van der Waals surface area contributed by atoms with E-state index in [4.69, 9.17) is 0 Å². The Morgan fingerprint density at radius 2 is 2.40 bits per heavy atom. The molecule has 84 valence electrons. The van der Waals surface area contributed by atoms with E-state index in [1.54, 1.807) is 11.3 Å². The second-order valence-electron chi connectivity index (χ2n) is 4.81. The van der Waals surface area contributed by atoms with Crippen LogP contribution < -0.4 is 5.32 Å². The molecule has 1 saturated carbocycles. The normalized spacial score (nSPS) is 20.1. The van der Waals surface area contributed by atoms with Crippen LogP contribution in [0.2, 0.25) is 0 Å². The molecule has 0 aliphatic heterocycles. The zero-order valence-corrected chi connectivity index (χ0v) is 10.4. The number of rotatable bonds is 6. The van der Waals surface area contributed by atoms with E-state index < -0.39 is 0 Å². The van der Waals surface area contributed by atoms with Crippen LogP contribution in [0.3, 0.4) is 0 Å². The maximum absolute atomic E-state index is 4.41. The Labute approximate surface area is 96.1 Å². The van der Waals surface area contributed by atoms with E-state index in [9.17, 15) is 0 Å². The maximum Gasteiger partial charge on any atom is 0.0930 e. The Hall–Kier alpha value is -0.410. The minimum atomic E-state index is 0.424. The lowest BCUT2D eigenvalue weighted by atomic mass is 9.81. The fourth-order valence-corrected chi connectivity index (χ4v) is 3.04. The molecule has 2 rings (SSSR count). The van der Waals surface area contributed by atoms with Crippen molar-refractivity contribution in [3.63, 3.8) is 0 Å². The van der Waals surface area contributed by atoms with Gasteiger partial charge in [0.15, 0.2) is 0 Å². The zero-order valence-electron chi connectivity index (χ0n) is 9.62. The molecular formula is C12H20N2S. The lowest BCUT2D eigenvalue weighted by Gasteiger charge is -2.29. The van der Waals surface area contributed by atoms with Gasteiger partial charge in [-0.3, -0.25) is 0 Å². The van der Waals surface area contributed by atoms with Gasteiger partial charge in [0.2, 0.25) is 0 Å². The molecule has 0 bridgehead atoms. The van der Waals surface area contributed by atoms with Crippen LogP contribution in [0.25, 0.3) is 0 Å². The Morgan fingerprint density at radius 1 is 1.60 bits per heavy atom. The summed E-state index contributed by atoms with van der Waals surface area (Å²) in [6, 6.07) is 0. The number of hydrogen-bond donors (Lipinski definition) is 1. The van der Waals surface area contributed by atoms with Crippen LogP contribution in [0, 0.1) is 11.3 Å².